The third-order valence-corrected chi connectivity index (χ3v) is 5.22. The molecule has 1 fully saturated rings. The smallest absolute Gasteiger partial charge is 0.289 e. The van der Waals surface area contributed by atoms with Gasteiger partial charge in [-0.25, -0.2) is 0 Å². The molecule has 2 aliphatic heterocycles. The second kappa shape index (κ2) is 8.78. The van der Waals surface area contributed by atoms with Gasteiger partial charge >= 0.3 is 0 Å². The Balaban J connectivity index is 1.32. The fraction of sp³-hybridized carbons (Fsp3) is 0.381. The molecule has 2 N–H and O–H groups in total. The first-order valence-electron chi connectivity index (χ1n) is 9.90. The van der Waals surface area contributed by atoms with Crippen LogP contribution in [-0.2, 0) is 11.4 Å². The van der Waals surface area contributed by atoms with Crippen LogP contribution in [0.1, 0.15) is 33.6 Å². The number of carbonyl (C=O) groups excluding carboxylic acids is 3. The number of ether oxygens (including phenoxy) is 2. The van der Waals surface area contributed by atoms with Gasteiger partial charge < -0.3 is 29.2 Å². The van der Waals surface area contributed by atoms with Crippen LogP contribution in [0.25, 0.3) is 0 Å². The van der Waals surface area contributed by atoms with Gasteiger partial charge in [0.25, 0.3) is 5.91 Å². The second-order valence-electron chi connectivity index (χ2n) is 7.35. The summed E-state index contributed by atoms with van der Waals surface area (Å²) >= 11 is 0. The fourth-order valence-electron chi connectivity index (χ4n) is 3.57. The van der Waals surface area contributed by atoms with Crippen molar-refractivity contribution in [3.05, 3.63) is 41.3 Å². The molecule has 0 unspecified atom stereocenters. The van der Waals surface area contributed by atoms with Gasteiger partial charge in [-0.05, 0) is 25.1 Å². The summed E-state index contributed by atoms with van der Waals surface area (Å²) in [6.07, 6.45) is 0. The number of aliphatic hydroxyl groups excluding tert-OH is 1. The van der Waals surface area contributed by atoms with E-state index in [9.17, 15) is 14.4 Å². The van der Waals surface area contributed by atoms with Gasteiger partial charge in [0.1, 0.15) is 12.4 Å². The molecule has 0 aliphatic carbocycles. The molecule has 1 aromatic heterocycles. The molecule has 0 spiro atoms. The molecule has 4 rings (SSSR count). The number of nitrogens with one attached hydrogen (secondary N) is 1. The summed E-state index contributed by atoms with van der Waals surface area (Å²) in [4.78, 5) is 40.6. The van der Waals surface area contributed by atoms with E-state index < -0.39 is 0 Å². The summed E-state index contributed by atoms with van der Waals surface area (Å²) in [6.45, 7) is 3.31. The molecule has 0 atom stereocenters. The topological polar surface area (TPSA) is 122 Å². The first-order valence-corrected chi connectivity index (χ1v) is 9.90. The lowest BCUT2D eigenvalue weighted by atomic mass is 10.1. The van der Waals surface area contributed by atoms with E-state index in [2.05, 4.69) is 5.32 Å². The summed E-state index contributed by atoms with van der Waals surface area (Å²) in [6, 6.07) is 6.28. The highest BCUT2D eigenvalue weighted by Crippen LogP contribution is 2.37. The van der Waals surface area contributed by atoms with Crippen molar-refractivity contribution in [3.8, 4) is 11.5 Å². The number of hydrogen-bond donors (Lipinski definition) is 2. The molecule has 2 amide bonds. The summed E-state index contributed by atoms with van der Waals surface area (Å²) in [5.74, 6) is 0.793. The monoisotopic (exact) mass is 429 g/mol. The van der Waals surface area contributed by atoms with Gasteiger partial charge in [0.05, 0.1) is 12.2 Å². The fourth-order valence-corrected chi connectivity index (χ4v) is 3.57. The van der Waals surface area contributed by atoms with Crippen molar-refractivity contribution in [2.75, 3.05) is 44.8 Å². The highest BCUT2D eigenvalue weighted by Gasteiger charge is 2.26. The number of fused-ring (bicyclic) bond motifs is 1. The molecule has 10 heteroatoms. The number of furan rings is 1. The minimum Gasteiger partial charge on any atom is -0.454 e. The number of aliphatic hydroxyl groups is 1. The zero-order chi connectivity index (χ0) is 22.0. The number of carbonyl (C=O) groups is 3. The molecule has 10 nitrogen and oxygen atoms in total. The quantitative estimate of drug-likeness (QED) is 0.655. The van der Waals surface area contributed by atoms with Gasteiger partial charge in [0, 0.05) is 37.8 Å². The number of Topliss-reactive ketones (excluding diaryl/α,β-unsaturated/α-hetero) is 1. The standard InChI is InChI=1S/C21H23N3O7/c1-13(26)15-8-18-19(30-12-29-18)9-16(15)22-20(27)10-23-4-6-24(7-5-23)21(28)17-3-2-14(11-25)31-17/h2-3,8-9,25H,4-7,10-12H2,1H3,(H,22,27). The molecule has 2 aromatic rings. The number of piperazine rings is 1. The SMILES string of the molecule is CC(=O)c1cc2c(cc1NC(=O)CN1CCN(C(=O)c3ccc(CO)o3)CC1)OCO2. The minimum atomic E-state index is -0.264. The lowest BCUT2D eigenvalue weighted by Crippen LogP contribution is -2.50. The molecule has 0 saturated carbocycles. The average molecular weight is 429 g/mol. The molecule has 3 heterocycles. The van der Waals surface area contributed by atoms with Gasteiger partial charge in [0.2, 0.25) is 12.7 Å². The van der Waals surface area contributed by atoms with Crippen molar-refractivity contribution < 1.29 is 33.4 Å². The number of anilines is 1. The van der Waals surface area contributed by atoms with Crippen molar-refractivity contribution in [2.24, 2.45) is 0 Å². The van der Waals surface area contributed by atoms with Crippen molar-refractivity contribution in [1.29, 1.82) is 0 Å². The molecule has 0 radical (unpaired) electrons. The number of benzene rings is 1. The van der Waals surface area contributed by atoms with Crippen LogP contribution in [-0.4, -0.2) is 72.0 Å². The molecular formula is C21H23N3O7. The first kappa shape index (κ1) is 20.9. The van der Waals surface area contributed by atoms with Gasteiger partial charge in [-0.2, -0.15) is 0 Å². The summed E-state index contributed by atoms with van der Waals surface area (Å²) in [5.41, 5.74) is 0.738. The number of amides is 2. The van der Waals surface area contributed by atoms with Crippen LogP contribution in [0.4, 0.5) is 5.69 Å². The Morgan fingerprint density at radius 2 is 1.77 bits per heavy atom. The Morgan fingerprint density at radius 3 is 2.42 bits per heavy atom. The van der Waals surface area contributed by atoms with Crippen LogP contribution < -0.4 is 14.8 Å². The van der Waals surface area contributed by atoms with Crippen molar-refractivity contribution in [1.82, 2.24) is 9.80 Å². The average Bonchev–Trinajstić information content (AvgIpc) is 3.42. The van der Waals surface area contributed by atoms with E-state index in [1.54, 1.807) is 29.2 Å². The minimum absolute atomic E-state index is 0.0758. The van der Waals surface area contributed by atoms with Gasteiger partial charge in [-0.15, -0.1) is 0 Å². The zero-order valence-corrected chi connectivity index (χ0v) is 17.1. The van der Waals surface area contributed by atoms with E-state index in [1.165, 1.54) is 6.92 Å². The van der Waals surface area contributed by atoms with Gasteiger partial charge in [-0.3, -0.25) is 19.3 Å². The van der Waals surface area contributed by atoms with Crippen molar-refractivity contribution in [2.45, 2.75) is 13.5 Å². The number of nitrogens with zero attached hydrogens (tertiary/aromatic N) is 2. The highest BCUT2D eigenvalue weighted by molar-refractivity contribution is 6.05. The molecule has 0 bridgehead atoms. The Labute approximate surface area is 178 Å². The number of ketones is 1. The maximum atomic E-state index is 12.6. The first-order chi connectivity index (χ1) is 14.9. The summed E-state index contributed by atoms with van der Waals surface area (Å²) in [7, 11) is 0. The lowest BCUT2D eigenvalue weighted by molar-refractivity contribution is -0.117. The predicted octanol–water partition coefficient (Wildman–Crippen LogP) is 1.10. The molecule has 31 heavy (non-hydrogen) atoms. The maximum absolute atomic E-state index is 12.6. The third-order valence-electron chi connectivity index (χ3n) is 5.22. The zero-order valence-electron chi connectivity index (χ0n) is 17.1. The molecule has 164 valence electrons. The number of hydrogen-bond acceptors (Lipinski definition) is 8. The largest absolute Gasteiger partial charge is 0.454 e. The van der Waals surface area contributed by atoms with Crippen LogP contribution in [0.15, 0.2) is 28.7 Å². The Morgan fingerprint density at radius 1 is 1.06 bits per heavy atom. The summed E-state index contributed by atoms with van der Waals surface area (Å²) < 4.78 is 15.9. The van der Waals surface area contributed by atoms with E-state index in [0.29, 0.717) is 54.7 Å². The van der Waals surface area contributed by atoms with E-state index in [4.69, 9.17) is 19.0 Å². The van der Waals surface area contributed by atoms with Crippen molar-refractivity contribution in [3.63, 3.8) is 0 Å². The Hall–Kier alpha value is -3.37. The van der Waals surface area contributed by atoms with Gasteiger partial charge in [-0.1, -0.05) is 0 Å². The Bertz CT molecular complexity index is 1010. The molecule has 2 aliphatic rings. The van der Waals surface area contributed by atoms with Crippen LogP contribution in [0.2, 0.25) is 0 Å². The van der Waals surface area contributed by atoms with E-state index in [0.717, 1.165) is 0 Å². The summed E-state index contributed by atoms with van der Waals surface area (Å²) in [5, 5.41) is 11.8. The van der Waals surface area contributed by atoms with Crippen LogP contribution in [0.3, 0.4) is 0 Å². The molecular weight excluding hydrogens is 406 g/mol. The van der Waals surface area contributed by atoms with E-state index >= 15 is 0 Å². The van der Waals surface area contributed by atoms with Crippen molar-refractivity contribution >= 4 is 23.3 Å². The highest BCUT2D eigenvalue weighted by atomic mass is 16.7. The van der Waals surface area contributed by atoms with Gasteiger partial charge in [0.15, 0.2) is 23.0 Å². The Kier molecular flexibility index (Phi) is 5.92. The van der Waals surface area contributed by atoms with Crippen LogP contribution in [0, 0.1) is 0 Å². The predicted molar refractivity (Wildman–Crippen MR) is 108 cm³/mol. The molecule has 1 aromatic carbocycles. The third kappa shape index (κ3) is 4.54. The van der Waals surface area contributed by atoms with E-state index in [1.807, 2.05) is 4.90 Å². The second-order valence-corrected chi connectivity index (χ2v) is 7.35. The van der Waals surface area contributed by atoms with Crippen LogP contribution >= 0.6 is 0 Å². The molecule has 1 saturated heterocycles. The number of rotatable bonds is 6. The normalized spacial score (nSPS) is 15.7. The maximum Gasteiger partial charge on any atom is 0.289 e. The van der Waals surface area contributed by atoms with Crippen LogP contribution in [0.5, 0.6) is 11.5 Å². The lowest BCUT2D eigenvalue weighted by Gasteiger charge is -2.33. The van der Waals surface area contributed by atoms with E-state index in [-0.39, 0.29) is 43.3 Å².